The lowest BCUT2D eigenvalue weighted by Gasteiger charge is -2.44. The van der Waals surface area contributed by atoms with Crippen molar-refractivity contribution in [3.05, 3.63) is 18.7 Å². The highest BCUT2D eigenvalue weighted by atomic mass is 16.2. The molecule has 1 aromatic heterocycles. The maximum absolute atomic E-state index is 12.2. The fraction of sp³-hybridized carbons (Fsp3) is 0.750. The molecule has 116 valence electrons. The third-order valence-electron chi connectivity index (χ3n) is 5.23. The fourth-order valence-corrected chi connectivity index (χ4v) is 3.81. The number of rotatable bonds is 3. The molecule has 1 aliphatic heterocycles. The van der Waals surface area contributed by atoms with Crippen LogP contribution >= 0.6 is 0 Å². The molecule has 1 N–H and O–H groups in total. The molecule has 21 heavy (non-hydrogen) atoms. The largest absolute Gasteiger partial charge is 0.336 e. The number of nitrogens with zero attached hydrogens (tertiary/aromatic N) is 3. The lowest BCUT2D eigenvalue weighted by molar-refractivity contribution is 0.0812. The molecule has 2 heterocycles. The van der Waals surface area contributed by atoms with Gasteiger partial charge in [0.2, 0.25) is 0 Å². The minimum Gasteiger partial charge on any atom is -0.336 e. The van der Waals surface area contributed by atoms with Gasteiger partial charge in [0.25, 0.3) is 0 Å². The van der Waals surface area contributed by atoms with Gasteiger partial charge in [0, 0.05) is 38.6 Å². The van der Waals surface area contributed by atoms with E-state index in [0.717, 1.165) is 19.6 Å². The molecule has 1 saturated heterocycles. The molecule has 2 amide bonds. The molecule has 0 bridgehead atoms. The monoisotopic (exact) mass is 290 g/mol. The number of aromatic nitrogens is 2. The first-order valence-corrected chi connectivity index (χ1v) is 8.26. The molecule has 1 spiro atoms. The quantitative estimate of drug-likeness (QED) is 0.930. The Labute approximate surface area is 126 Å². The van der Waals surface area contributed by atoms with Gasteiger partial charge in [0.05, 0.1) is 6.33 Å². The van der Waals surface area contributed by atoms with Crippen LogP contribution < -0.4 is 5.32 Å². The van der Waals surface area contributed by atoms with Crippen LogP contribution in [0.5, 0.6) is 0 Å². The van der Waals surface area contributed by atoms with Crippen LogP contribution in [-0.2, 0) is 6.54 Å². The highest BCUT2D eigenvalue weighted by Crippen LogP contribution is 2.44. The van der Waals surface area contributed by atoms with Crippen molar-refractivity contribution in [2.45, 2.75) is 51.5 Å². The molecule has 1 aliphatic carbocycles. The number of hydrogen-bond donors (Lipinski definition) is 1. The van der Waals surface area contributed by atoms with Crippen molar-refractivity contribution in [3.63, 3.8) is 0 Å². The van der Waals surface area contributed by atoms with Crippen LogP contribution in [0.1, 0.15) is 44.9 Å². The van der Waals surface area contributed by atoms with E-state index in [1.54, 1.807) is 12.5 Å². The Morgan fingerprint density at radius 3 is 2.57 bits per heavy atom. The van der Waals surface area contributed by atoms with Crippen LogP contribution in [0.4, 0.5) is 4.79 Å². The Hall–Kier alpha value is -1.52. The first kappa shape index (κ1) is 14.4. The average Bonchev–Trinajstić information content (AvgIpc) is 3.02. The summed E-state index contributed by atoms with van der Waals surface area (Å²) in [5.41, 5.74) is 0.561. The topological polar surface area (TPSA) is 50.2 Å². The second-order valence-corrected chi connectivity index (χ2v) is 6.58. The minimum atomic E-state index is 0.0979. The molecule has 0 atom stereocenters. The molecule has 5 nitrogen and oxygen atoms in total. The van der Waals surface area contributed by atoms with Crippen molar-refractivity contribution >= 4 is 6.03 Å². The third-order valence-corrected chi connectivity index (χ3v) is 5.23. The van der Waals surface area contributed by atoms with E-state index in [4.69, 9.17) is 0 Å². The summed E-state index contributed by atoms with van der Waals surface area (Å²) < 4.78 is 1.98. The van der Waals surface area contributed by atoms with Gasteiger partial charge >= 0.3 is 6.03 Å². The van der Waals surface area contributed by atoms with Gasteiger partial charge in [-0.05, 0) is 31.1 Å². The zero-order valence-electron chi connectivity index (χ0n) is 12.8. The van der Waals surface area contributed by atoms with Crippen molar-refractivity contribution in [1.82, 2.24) is 19.8 Å². The summed E-state index contributed by atoms with van der Waals surface area (Å²) in [6, 6.07) is 0.0979. The predicted octanol–water partition coefficient (Wildman–Crippen LogP) is 2.64. The highest BCUT2D eigenvalue weighted by molar-refractivity contribution is 5.74. The SMILES string of the molecule is O=C(NCCn1ccnc1)N1CCC2(CCCCC2)CC1. The molecule has 1 aromatic rings. The molecular formula is C16H26N4O. The van der Waals surface area contributed by atoms with Gasteiger partial charge < -0.3 is 14.8 Å². The molecule has 0 unspecified atom stereocenters. The van der Waals surface area contributed by atoms with E-state index in [1.807, 2.05) is 15.7 Å². The van der Waals surface area contributed by atoms with Gasteiger partial charge in [0.1, 0.15) is 0 Å². The van der Waals surface area contributed by atoms with E-state index in [-0.39, 0.29) is 6.03 Å². The average molecular weight is 290 g/mol. The number of nitrogens with one attached hydrogen (secondary N) is 1. The lowest BCUT2D eigenvalue weighted by atomic mass is 9.68. The van der Waals surface area contributed by atoms with Gasteiger partial charge in [-0.2, -0.15) is 0 Å². The van der Waals surface area contributed by atoms with Gasteiger partial charge in [-0.25, -0.2) is 9.78 Å². The molecule has 2 aliphatic rings. The minimum absolute atomic E-state index is 0.0979. The van der Waals surface area contributed by atoms with E-state index in [2.05, 4.69) is 10.3 Å². The van der Waals surface area contributed by atoms with Crippen molar-refractivity contribution in [1.29, 1.82) is 0 Å². The molecule has 0 radical (unpaired) electrons. The van der Waals surface area contributed by atoms with E-state index < -0.39 is 0 Å². The number of urea groups is 1. The summed E-state index contributed by atoms with van der Waals surface area (Å²) in [6.07, 6.45) is 14.8. The standard InChI is InChI=1S/C16H26N4O/c21-15(18-9-13-19-12-8-17-14-19)20-10-6-16(7-11-20)4-2-1-3-5-16/h8,12,14H,1-7,9-11,13H2,(H,18,21). The summed E-state index contributed by atoms with van der Waals surface area (Å²) in [7, 11) is 0. The number of hydrogen-bond acceptors (Lipinski definition) is 2. The van der Waals surface area contributed by atoms with Crippen LogP contribution in [0, 0.1) is 5.41 Å². The van der Waals surface area contributed by atoms with E-state index >= 15 is 0 Å². The second kappa shape index (κ2) is 6.50. The Balaban J connectivity index is 1.40. The normalized spacial score (nSPS) is 21.4. The second-order valence-electron chi connectivity index (χ2n) is 6.58. The van der Waals surface area contributed by atoms with Crippen LogP contribution in [0.3, 0.4) is 0 Å². The summed E-state index contributed by atoms with van der Waals surface area (Å²) >= 11 is 0. The Bertz CT molecular complexity index is 441. The Morgan fingerprint density at radius 2 is 1.90 bits per heavy atom. The number of carbonyl (C=O) groups excluding carboxylic acids is 1. The zero-order valence-corrected chi connectivity index (χ0v) is 12.8. The summed E-state index contributed by atoms with van der Waals surface area (Å²) in [6.45, 7) is 3.30. The fourth-order valence-electron chi connectivity index (χ4n) is 3.81. The molecule has 1 saturated carbocycles. The maximum atomic E-state index is 12.2. The molecule has 5 heteroatoms. The predicted molar refractivity (Wildman–Crippen MR) is 82.0 cm³/mol. The number of imidazole rings is 1. The maximum Gasteiger partial charge on any atom is 0.317 e. The van der Waals surface area contributed by atoms with Gasteiger partial charge in [-0.1, -0.05) is 19.3 Å². The highest BCUT2D eigenvalue weighted by Gasteiger charge is 2.36. The van der Waals surface area contributed by atoms with Gasteiger partial charge in [-0.15, -0.1) is 0 Å². The lowest BCUT2D eigenvalue weighted by Crippen LogP contribution is -2.48. The van der Waals surface area contributed by atoms with Crippen LogP contribution in [-0.4, -0.2) is 40.1 Å². The third kappa shape index (κ3) is 3.57. The van der Waals surface area contributed by atoms with Gasteiger partial charge in [-0.3, -0.25) is 0 Å². The van der Waals surface area contributed by atoms with Crippen molar-refractivity contribution in [2.75, 3.05) is 19.6 Å². The summed E-state index contributed by atoms with van der Waals surface area (Å²) in [5.74, 6) is 0. The number of likely N-dealkylation sites (tertiary alicyclic amines) is 1. The number of amides is 2. The van der Waals surface area contributed by atoms with Crippen LogP contribution in [0.15, 0.2) is 18.7 Å². The number of piperidine rings is 1. The molecular weight excluding hydrogens is 264 g/mol. The first-order chi connectivity index (χ1) is 10.3. The van der Waals surface area contributed by atoms with E-state index in [0.29, 0.717) is 12.0 Å². The summed E-state index contributed by atoms with van der Waals surface area (Å²) in [4.78, 5) is 18.2. The van der Waals surface area contributed by atoms with Crippen LogP contribution in [0.25, 0.3) is 0 Å². The zero-order chi connectivity index (χ0) is 14.5. The van der Waals surface area contributed by atoms with E-state index in [1.165, 1.54) is 44.9 Å². The molecule has 0 aromatic carbocycles. The number of carbonyl (C=O) groups is 1. The van der Waals surface area contributed by atoms with E-state index in [9.17, 15) is 4.79 Å². The first-order valence-electron chi connectivity index (χ1n) is 8.26. The van der Waals surface area contributed by atoms with Crippen molar-refractivity contribution < 1.29 is 4.79 Å². The molecule has 2 fully saturated rings. The van der Waals surface area contributed by atoms with Crippen molar-refractivity contribution in [2.24, 2.45) is 5.41 Å². The Kier molecular flexibility index (Phi) is 4.46. The van der Waals surface area contributed by atoms with Crippen molar-refractivity contribution in [3.8, 4) is 0 Å². The molecule has 3 rings (SSSR count). The smallest absolute Gasteiger partial charge is 0.317 e. The van der Waals surface area contributed by atoms with Crippen LogP contribution in [0.2, 0.25) is 0 Å². The Morgan fingerprint density at radius 1 is 1.14 bits per heavy atom. The van der Waals surface area contributed by atoms with Gasteiger partial charge in [0.15, 0.2) is 0 Å². The summed E-state index contributed by atoms with van der Waals surface area (Å²) in [5, 5.41) is 3.02.